The molecule has 2 rings (SSSR count). The van der Waals surface area contributed by atoms with E-state index in [0.717, 1.165) is 0 Å². The summed E-state index contributed by atoms with van der Waals surface area (Å²) < 4.78 is 0. The quantitative estimate of drug-likeness (QED) is 0.686. The second-order valence-corrected chi connectivity index (χ2v) is 5.75. The molecule has 1 aliphatic rings. The van der Waals surface area contributed by atoms with E-state index in [-0.39, 0.29) is 29.9 Å². The van der Waals surface area contributed by atoms with Crippen LogP contribution in [0.1, 0.15) is 39.2 Å². The second-order valence-electron chi connectivity index (χ2n) is 5.75. The van der Waals surface area contributed by atoms with Gasteiger partial charge in [0, 0.05) is 11.5 Å². The molecule has 1 aromatic carbocycles. The minimum absolute atomic E-state index is 0.0107. The van der Waals surface area contributed by atoms with Gasteiger partial charge < -0.3 is 5.11 Å². The van der Waals surface area contributed by atoms with Gasteiger partial charge in [-0.2, -0.15) is 5.10 Å². The molecule has 0 aliphatic carbocycles. The maximum absolute atomic E-state index is 12.7. The second kappa shape index (κ2) is 6.30. The van der Waals surface area contributed by atoms with Crippen LogP contribution in [0.5, 0.6) is 5.75 Å². The number of carbonyl (C=O) groups excluding carboxylic acids is 2. The predicted octanol–water partition coefficient (Wildman–Crippen LogP) is 2.58. The summed E-state index contributed by atoms with van der Waals surface area (Å²) in [4.78, 5) is 25.2. The molecule has 0 saturated carbocycles. The number of Topliss-reactive ketones (excluding diaryl/α,β-unsaturated/α-hetero) is 1. The molecule has 1 saturated heterocycles. The molecule has 5 heteroatoms. The zero-order valence-electron chi connectivity index (χ0n) is 13.2. The number of hydrazone groups is 1. The Morgan fingerprint density at radius 2 is 1.95 bits per heavy atom. The lowest BCUT2D eigenvalue weighted by atomic mass is 9.71. The standard InChI is InChI=1S/C17H22N2O3/c1-4-17(5-2)15(21)12(3)11-19(16(17)22)18-10-13-8-6-7-9-14(13)20/h6-10,12,20H,4-5,11H2,1-3H3/b18-10+. The number of piperidine rings is 1. The summed E-state index contributed by atoms with van der Waals surface area (Å²) in [5, 5.41) is 15.3. The van der Waals surface area contributed by atoms with Gasteiger partial charge in [0.15, 0.2) is 5.78 Å². The maximum atomic E-state index is 12.7. The normalized spacial score (nSPS) is 21.6. The van der Waals surface area contributed by atoms with Crippen LogP contribution in [-0.2, 0) is 9.59 Å². The predicted molar refractivity (Wildman–Crippen MR) is 84.6 cm³/mol. The highest BCUT2D eigenvalue weighted by Crippen LogP contribution is 2.37. The number of ketones is 1. The van der Waals surface area contributed by atoms with E-state index in [0.29, 0.717) is 18.4 Å². The molecule has 0 spiro atoms. The molecule has 1 aliphatic heterocycles. The van der Waals surface area contributed by atoms with E-state index >= 15 is 0 Å². The summed E-state index contributed by atoms with van der Waals surface area (Å²) >= 11 is 0. The first kappa shape index (κ1) is 16.2. The van der Waals surface area contributed by atoms with Crippen LogP contribution in [0.3, 0.4) is 0 Å². The number of amides is 1. The number of phenols is 1. The molecule has 1 amide bonds. The first-order valence-electron chi connectivity index (χ1n) is 7.64. The highest BCUT2D eigenvalue weighted by Gasteiger charge is 2.50. The van der Waals surface area contributed by atoms with E-state index in [9.17, 15) is 14.7 Å². The van der Waals surface area contributed by atoms with Crippen molar-refractivity contribution in [1.29, 1.82) is 0 Å². The number of rotatable bonds is 4. The van der Waals surface area contributed by atoms with Crippen molar-refractivity contribution < 1.29 is 14.7 Å². The number of phenolic OH excluding ortho intramolecular Hbond substituents is 1. The van der Waals surface area contributed by atoms with E-state index in [1.165, 1.54) is 11.2 Å². The monoisotopic (exact) mass is 302 g/mol. The summed E-state index contributed by atoms with van der Waals surface area (Å²) in [6.07, 6.45) is 2.42. The average Bonchev–Trinajstić information content (AvgIpc) is 2.52. The molecular weight excluding hydrogens is 280 g/mol. The lowest BCUT2D eigenvalue weighted by Gasteiger charge is -2.40. The highest BCUT2D eigenvalue weighted by molar-refractivity contribution is 6.09. The first-order valence-corrected chi connectivity index (χ1v) is 7.64. The zero-order chi connectivity index (χ0) is 16.3. The average molecular weight is 302 g/mol. The Labute approximate surface area is 130 Å². The van der Waals surface area contributed by atoms with Crippen molar-refractivity contribution in [2.45, 2.75) is 33.6 Å². The number of para-hydroxylation sites is 1. The van der Waals surface area contributed by atoms with Crippen LogP contribution >= 0.6 is 0 Å². The minimum Gasteiger partial charge on any atom is -0.507 e. The van der Waals surface area contributed by atoms with Crippen molar-refractivity contribution in [2.75, 3.05) is 6.54 Å². The van der Waals surface area contributed by atoms with Gasteiger partial charge in [0.1, 0.15) is 11.2 Å². The summed E-state index contributed by atoms with van der Waals surface area (Å²) in [6.45, 7) is 5.84. The van der Waals surface area contributed by atoms with Gasteiger partial charge >= 0.3 is 0 Å². The number of hydrogen-bond donors (Lipinski definition) is 1. The van der Waals surface area contributed by atoms with Crippen molar-refractivity contribution >= 4 is 17.9 Å². The fourth-order valence-corrected chi connectivity index (χ4v) is 2.98. The van der Waals surface area contributed by atoms with Crippen LogP contribution < -0.4 is 0 Å². The van der Waals surface area contributed by atoms with E-state index < -0.39 is 5.41 Å². The van der Waals surface area contributed by atoms with Crippen LogP contribution in [0.4, 0.5) is 0 Å². The molecular formula is C17H22N2O3. The molecule has 1 heterocycles. The summed E-state index contributed by atoms with van der Waals surface area (Å²) in [5.74, 6) is -0.361. The van der Waals surface area contributed by atoms with Gasteiger partial charge in [-0.25, -0.2) is 5.01 Å². The van der Waals surface area contributed by atoms with Crippen LogP contribution in [0.2, 0.25) is 0 Å². The van der Waals surface area contributed by atoms with Crippen molar-refractivity contribution in [2.24, 2.45) is 16.4 Å². The largest absolute Gasteiger partial charge is 0.507 e. The Bertz CT molecular complexity index is 606. The Morgan fingerprint density at radius 3 is 2.55 bits per heavy atom. The summed E-state index contributed by atoms with van der Waals surface area (Å²) in [7, 11) is 0. The number of carbonyl (C=O) groups is 2. The van der Waals surface area contributed by atoms with Crippen LogP contribution in [0.15, 0.2) is 29.4 Å². The third-order valence-corrected chi connectivity index (χ3v) is 4.49. The van der Waals surface area contributed by atoms with Crippen LogP contribution in [0.25, 0.3) is 0 Å². The lowest BCUT2D eigenvalue weighted by Crippen LogP contribution is -2.55. The summed E-state index contributed by atoms with van der Waals surface area (Å²) in [5.41, 5.74) is -0.424. The number of nitrogens with zero attached hydrogens (tertiary/aromatic N) is 2. The Morgan fingerprint density at radius 1 is 1.32 bits per heavy atom. The van der Waals surface area contributed by atoms with Crippen LogP contribution in [0, 0.1) is 11.3 Å². The van der Waals surface area contributed by atoms with Gasteiger partial charge in [-0.1, -0.05) is 32.9 Å². The molecule has 0 bridgehead atoms. The van der Waals surface area contributed by atoms with Crippen molar-refractivity contribution in [1.82, 2.24) is 5.01 Å². The van der Waals surface area contributed by atoms with Gasteiger partial charge in [-0.3, -0.25) is 9.59 Å². The van der Waals surface area contributed by atoms with E-state index in [1.54, 1.807) is 24.3 Å². The Hall–Kier alpha value is -2.17. The molecule has 1 atom stereocenters. The number of benzene rings is 1. The smallest absolute Gasteiger partial charge is 0.256 e. The molecule has 22 heavy (non-hydrogen) atoms. The molecule has 1 aromatic rings. The SMILES string of the molecule is CCC1(CC)C(=O)C(C)CN(/N=C/c2ccccc2O)C1=O. The Kier molecular flexibility index (Phi) is 4.64. The molecule has 5 nitrogen and oxygen atoms in total. The Balaban J connectivity index is 2.30. The van der Waals surface area contributed by atoms with Gasteiger partial charge in [0.05, 0.1) is 12.8 Å². The van der Waals surface area contributed by atoms with Crippen LogP contribution in [-0.4, -0.2) is 34.6 Å². The van der Waals surface area contributed by atoms with E-state index in [4.69, 9.17) is 0 Å². The van der Waals surface area contributed by atoms with Crippen molar-refractivity contribution in [3.8, 4) is 5.75 Å². The van der Waals surface area contributed by atoms with Gasteiger partial charge in [-0.05, 0) is 25.0 Å². The molecule has 118 valence electrons. The number of hydrogen-bond acceptors (Lipinski definition) is 4. The van der Waals surface area contributed by atoms with E-state index in [2.05, 4.69) is 5.10 Å². The third-order valence-electron chi connectivity index (χ3n) is 4.49. The molecule has 0 radical (unpaired) electrons. The maximum Gasteiger partial charge on any atom is 0.256 e. The number of aromatic hydroxyl groups is 1. The van der Waals surface area contributed by atoms with Crippen molar-refractivity contribution in [3.05, 3.63) is 29.8 Å². The lowest BCUT2D eigenvalue weighted by molar-refractivity contribution is -0.158. The van der Waals surface area contributed by atoms with Gasteiger partial charge in [0.2, 0.25) is 0 Å². The molecule has 1 unspecified atom stereocenters. The van der Waals surface area contributed by atoms with Crippen molar-refractivity contribution in [3.63, 3.8) is 0 Å². The molecule has 1 fully saturated rings. The summed E-state index contributed by atoms with van der Waals surface area (Å²) in [6, 6.07) is 6.79. The highest BCUT2D eigenvalue weighted by atomic mass is 16.3. The third kappa shape index (κ3) is 2.63. The van der Waals surface area contributed by atoms with Gasteiger partial charge in [-0.15, -0.1) is 0 Å². The topological polar surface area (TPSA) is 70.0 Å². The molecule has 0 aromatic heterocycles. The fraction of sp³-hybridized carbons (Fsp3) is 0.471. The van der Waals surface area contributed by atoms with E-state index in [1.807, 2.05) is 20.8 Å². The first-order chi connectivity index (χ1) is 10.5. The zero-order valence-corrected chi connectivity index (χ0v) is 13.2. The molecule has 1 N–H and O–H groups in total. The fourth-order valence-electron chi connectivity index (χ4n) is 2.98. The van der Waals surface area contributed by atoms with Gasteiger partial charge in [0.25, 0.3) is 5.91 Å². The minimum atomic E-state index is -0.965.